The van der Waals surface area contributed by atoms with Gasteiger partial charge >= 0.3 is 0 Å². The van der Waals surface area contributed by atoms with E-state index >= 15 is 0 Å². The zero-order chi connectivity index (χ0) is 22.0. The maximum atomic E-state index is 10.8. The Morgan fingerprint density at radius 3 is 2.47 bits per heavy atom. The number of benzene rings is 1. The summed E-state index contributed by atoms with van der Waals surface area (Å²) in [5.74, 6) is 0.724. The Balaban J connectivity index is 1.88. The van der Waals surface area contributed by atoms with Crippen LogP contribution in [-0.4, -0.2) is 79.6 Å². The first-order chi connectivity index (χ1) is 14.2. The van der Waals surface area contributed by atoms with Gasteiger partial charge in [0.25, 0.3) is 0 Å². The number of β-amino-alcohol motifs (C(OH)–C–C–N with tert-alkyl or cyclic N) is 1. The van der Waals surface area contributed by atoms with Gasteiger partial charge in [0.05, 0.1) is 25.4 Å². The molecule has 2 rings (SSSR count). The molecule has 1 fully saturated rings. The van der Waals surface area contributed by atoms with E-state index in [4.69, 9.17) is 9.73 Å². The second-order valence-electron chi connectivity index (χ2n) is 9.09. The van der Waals surface area contributed by atoms with Crippen molar-refractivity contribution in [2.75, 3.05) is 52.5 Å². The molecule has 1 aromatic rings. The van der Waals surface area contributed by atoms with Crippen LogP contribution < -0.4 is 16.0 Å². The Morgan fingerprint density at radius 2 is 1.83 bits per heavy atom. The van der Waals surface area contributed by atoms with Crippen LogP contribution in [-0.2, 0) is 4.74 Å². The molecule has 1 heterocycles. The number of morpholine rings is 1. The van der Waals surface area contributed by atoms with E-state index < -0.39 is 5.60 Å². The van der Waals surface area contributed by atoms with Crippen LogP contribution in [0.4, 0.5) is 0 Å². The molecule has 2 atom stereocenters. The number of ether oxygens (including phenoxy) is 1. The number of rotatable bonds is 10. The molecule has 170 valence electrons. The first-order valence-corrected chi connectivity index (χ1v) is 11.1. The number of aliphatic hydroxyl groups is 1. The smallest absolute Gasteiger partial charge is 0.191 e. The highest BCUT2D eigenvalue weighted by Gasteiger charge is 2.26. The number of guanidine groups is 1. The van der Waals surface area contributed by atoms with Gasteiger partial charge in [-0.2, -0.15) is 0 Å². The monoisotopic (exact) mass is 419 g/mol. The zero-order valence-corrected chi connectivity index (χ0v) is 19.4. The average Bonchev–Trinajstić information content (AvgIpc) is 2.71. The summed E-state index contributed by atoms with van der Waals surface area (Å²) in [6.45, 7) is 16.0. The number of nitrogens with zero attached hydrogens (tertiary/aromatic N) is 2. The molecular formula is C23H41N5O2. The quantitative estimate of drug-likeness (QED) is 0.342. The van der Waals surface area contributed by atoms with Gasteiger partial charge in [0.15, 0.2) is 5.96 Å². The number of aliphatic imine (C=N–C) groups is 1. The summed E-state index contributed by atoms with van der Waals surface area (Å²) in [7, 11) is 0. The third-order valence-corrected chi connectivity index (χ3v) is 5.19. The van der Waals surface area contributed by atoms with Gasteiger partial charge in [-0.25, -0.2) is 0 Å². The van der Waals surface area contributed by atoms with Gasteiger partial charge in [-0.15, -0.1) is 0 Å². The first kappa shape index (κ1) is 24.6. The molecule has 4 N–H and O–H groups in total. The van der Waals surface area contributed by atoms with Gasteiger partial charge in [-0.05, 0) is 40.2 Å². The molecule has 0 radical (unpaired) electrons. The summed E-state index contributed by atoms with van der Waals surface area (Å²) in [6.07, 6.45) is 0. The van der Waals surface area contributed by atoms with Crippen LogP contribution in [0.5, 0.6) is 0 Å². The van der Waals surface area contributed by atoms with Crippen molar-refractivity contribution < 1.29 is 9.84 Å². The van der Waals surface area contributed by atoms with Gasteiger partial charge in [0.2, 0.25) is 0 Å². The Hall–Kier alpha value is -1.67. The highest BCUT2D eigenvalue weighted by Crippen LogP contribution is 2.16. The summed E-state index contributed by atoms with van der Waals surface area (Å²) in [5.41, 5.74) is 0.246. The third kappa shape index (κ3) is 9.00. The molecular weight excluding hydrogens is 378 g/mol. The van der Waals surface area contributed by atoms with E-state index in [2.05, 4.69) is 65.9 Å². The summed E-state index contributed by atoms with van der Waals surface area (Å²) in [5, 5.41) is 21.1. The minimum atomic E-state index is -0.844. The molecule has 2 unspecified atom stereocenters. The summed E-state index contributed by atoms with van der Waals surface area (Å²) < 4.78 is 5.39. The van der Waals surface area contributed by atoms with Gasteiger partial charge in [-0.3, -0.25) is 9.89 Å². The molecule has 0 spiro atoms. The molecule has 7 nitrogen and oxygen atoms in total. The maximum Gasteiger partial charge on any atom is 0.191 e. The van der Waals surface area contributed by atoms with Gasteiger partial charge in [0.1, 0.15) is 0 Å². The molecule has 1 aliphatic rings. The van der Waals surface area contributed by atoms with E-state index in [1.165, 1.54) is 5.56 Å². The standard InChI is InChI=1S/C23H41N5O2/c1-6-24-21(26-17-23(5,29)18-28-12-14-30-15-13-28)25-16-22(3,4)27-19(2)20-10-8-7-9-11-20/h7-11,19,27,29H,6,12-18H2,1-5H3,(H2,24,25,26). The van der Waals surface area contributed by atoms with Crippen molar-refractivity contribution in [1.29, 1.82) is 0 Å². The third-order valence-electron chi connectivity index (χ3n) is 5.19. The topological polar surface area (TPSA) is 81.2 Å². The fourth-order valence-electron chi connectivity index (χ4n) is 3.65. The lowest BCUT2D eigenvalue weighted by molar-refractivity contribution is -0.0201. The number of hydrogen-bond acceptors (Lipinski definition) is 5. The second kappa shape index (κ2) is 11.6. The van der Waals surface area contributed by atoms with Crippen LogP contribution in [0.2, 0.25) is 0 Å². The molecule has 0 aliphatic carbocycles. The van der Waals surface area contributed by atoms with Crippen LogP contribution in [0.15, 0.2) is 35.3 Å². The lowest BCUT2D eigenvalue weighted by Gasteiger charge is -2.34. The van der Waals surface area contributed by atoms with Crippen LogP contribution in [0.1, 0.15) is 46.2 Å². The van der Waals surface area contributed by atoms with Gasteiger partial charge in [-0.1, -0.05) is 30.3 Å². The average molecular weight is 420 g/mol. The Morgan fingerprint density at radius 1 is 1.17 bits per heavy atom. The minimum Gasteiger partial charge on any atom is -0.387 e. The maximum absolute atomic E-state index is 10.8. The lowest BCUT2D eigenvalue weighted by atomic mass is 10.0. The molecule has 1 aliphatic heterocycles. The normalized spacial score (nSPS) is 19.2. The van der Waals surface area contributed by atoms with Gasteiger partial charge in [0, 0.05) is 44.3 Å². The van der Waals surface area contributed by atoms with Crippen LogP contribution in [0, 0.1) is 0 Å². The number of nitrogens with one attached hydrogen (secondary N) is 3. The largest absolute Gasteiger partial charge is 0.387 e. The van der Waals surface area contributed by atoms with Crippen molar-refractivity contribution in [2.24, 2.45) is 4.99 Å². The minimum absolute atomic E-state index is 0.173. The van der Waals surface area contributed by atoms with E-state index in [1.807, 2.05) is 19.9 Å². The van der Waals surface area contributed by atoms with Crippen molar-refractivity contribution in [3.05, 3.63) is 35.9 Å². The van der Waals surface area contributed by atoms with Crippen molar-refractivity contribution in [1.82, 2.24) is 20.9 Å². The number of hydrogen-bond donors (Lipinski definition) is 4. The van der Waals surface area contributed by atoms with Crippen molar-refractivity contribution in [2.45, 2.75) is 51.8 Å². The second-order valence-corrected chi connectivity index (χ2v) is 9.09. The molecule has 1 saturated heterocycles. The van der Waals surface area contributed by atoms with Crippen molar-refractivity contribution in [3.63, 3.8) is 0 Å². The van der Waals surface area contributed by atoms with Crippen LogP contribution >= 0.6 is 0 Å². The summed E-state index contributed by atoms with van der Waals surface area (Å²) >= 11 is 0. The summed E-state index contributed by atoms with van der Waals surface area (Å²) in [4.78, 5) is 7.01. The molecule has 7 heteroatoms. The molecule has 1 aromatic carbocycles. The van der Waals surface area contributed by atoms with E-state index in [9.17, 15) is 5.11 Å². The Bertz CT molecular complexity index is 642. The molecule has 0 amide bonds. The van der Waals surface area contributed by atoms with Crippen molar-refractivity contribution >= 4 is 5.96 Å². The van der Waals surface area contributed by atoms with E-state index in [-0.39, 0.29) is 11.6 Å². The SMILES string of the molecule is CCNC(=NCC(C)(C)NC(C)c1ccccc1)NCC(C)(O)CN1CCOCC1. The molecule has 0 aromatic heterocycles. The first-order valence-electron chi connectivity index (χ1n) is 11.1. The Labute approximate surface area is 182 Å². The van der Waals surface area contributed by atoms with Crippen LogP contribution in [0.3, 0.4) is 0 Å². The Kier molecular flexibility index (Phi) is 9.55. The lowest BCUT2D eigenvalue weighted by Crippen LogP contribution is -2.53. The van der Waals surface area contributed by atoms with E-state index in [1.54, 1.807) is 0 Å². The fourth-order valence-corrected chi connectivity index (χ4v) is 3.65. The molecule has 0 bridgehead atoms. The van der Waals surface area contributed by atoms with Crippen LogP contribution in [0.25, 0.3) is 0 Å². The van der Waals surface area contributed by atoms with Crippen molar-refractivity contribution in [3.8, 4) is 0 Å². The van der Waals surface area contributed by atoms with E-state index in [0.717, 1.165) is 38.8 Å². The van der Waals surface area contributed by atoms with E-state index in [0.29, 0.717) is 19.6 Å². The highest BCUT2D eigenvalue weighted by molar-refractivity contribution is 5.79. The molecule has 0 saturated carbocycles. The predicted molar refractivity (Wildman–Crippen MR) is 124 cm³/mol. The summed E-state index contributed by atoms with van der Waals surface area (Å²) in [6, 6.07) is 10.7. The molecule has 30 heavy (non-hydrogen) atoms. The predicted octanol–water partition coefficient (Wildman–Crippen LogP) is 1.75. The zero-order valence-electron chi connectivity index (χ0n) is 19.4. The highest BCUT2D eigenvalue weighted by atomic mass is 16.5. The fraction of sp³-hybridized carbons (Fsp3) is 0.696. The van der Waals surface area contributed by atoms with Gasteiger partial charge < -0.3 is 25.8 Å².